The zero-order valence-electron chi connectivity index (χ0n) is 7.61. The molecule has 0 spiro atoms. The zero-order chi connectivity index (χ0) is 10.8. The lowest BCUT2D eigenvalue weighted by Gasteiger charge is -2.00. The molecule has 2 aromatic rings. The third kappa shape index (κ3) is 1.87. The van der Waals surface area contributed by atoms with E-state index in [0.717, 1.165) is 6.07 Å². The molecule has 0 fully saturated rings. The van der Waals surface area contributed by atoms with Crippen molar-refractivity contribution >= 4 is 23.0 Å². The summed E-state index contributed by atoms with van der Waals surface area (Å²) in [6.07, 6.45) is 1.46. The highest BCUT2D eigenvalue weighted by molar-refractivity contribution is 7.03. The maximum Gasteiger partial charge on any atom is 0.195 e. The van der Waals surface area contributed by atoms with Gasteiger partial charge < -0.3 is 5.73 Å². The van der Waals surface area contributed by atoms with Crippen LogP contribution in [-0.2, 0) is 0 Å². The summed E-state index contributed by atoms with van der Waals surface area (Å²) in [4.78, 5) is 11.7. The predicted octanol–water partition coefficient (Wildman–Crippen LogP) is 2.10. The number of nitrogens with zero attached hydrogens (tertiary/aromatic N) is 1. The Morgan fingerprint density at radius 2 is 2.20 bits per heavy atom. The van der Waals surface area contributed by atoms with Gasteiger partial charge in [-0.3, -0.25) is 4.79 Å². The van der Waals surface area contributed by atoms with E-state index in [2.05, 4.69) is 4.37 Å². The van der Waals surface area contributed by atoms with Gasteiger partial charge in [-0.05, 0) is 29.7 Å². The molecule has 0 unspecified atom stereocenters. The van der Waals surface area contributed by atoms with E-state index in [1.807, 2.05) is 0 Å². The van der Waals surface area contributed by atoms with Crippen LogP contribution in [0.4, 0.5) is 10.1 Å². The van der Waals surface area contributed by atoms with E-state index in [-0.39, 0.29) is 17.0 Å². The summed E-state index contributed by atoms with van der Waals surface area (Å²) in [7, 11) is 0. The number of carbonyl (C=O) groups is 1. The Kier molecular flexibility index (Phi) is 2.47. The number of ketones is 1. The summed E-state index contributed by atoms with van der Waals surface area (Å²) in [6.45, 7) is 0. The maximum atomic E-state index is 13.1. The largest absolute Gasteiger partial charge is 0.396 e. The molecule has 0 aliphatic rings. The molecule has 0 atom stereocenters. The maximum absolute atomic E-state index is 13.1. The van der Waals surface area contributed by atoms with E-state index in [1.165, 1.54) is 29.9 Å². The molecule has 2 rings (SSSR count). The summed E-state index contributed by atoms with van der Waals surface area (Å²) in [6, 6.07) is 4.01. The lowest BCUT2D eigenvalue weighted by atomic mass is 10.1. The third-order valence-corrected chi connectivity index (χ3v) is 2.54. The topological polar surface area (TPSA) is 56.0 Å². The van der Waals surface area contributed by atoms with Gasteiger partial charge in [-0.2, -0.15) is 0 Å². The molecule has 0 aliphatic heterocycles. The molecule has 15 heavy (non-hydrogen) atoms. The van der Waals surface area contributed by atoms with Crippen LogP contribution in [0.3, 0.4) is 0 Å². The fourth-order valence-electron chi connectivity index (χ4n) is 1.15. The van der Waals surface area contributed by atoms with Crippen LogP contribution < -0.4 is 5.73 Å². The Bertz CT molecular complexity index is 496. The molecule has 2 N–H and O–H groups in total. The van der Waals surface area contributed by atoms with Gasteiger partial charge in [0.25, 0.3) is 0 Å². The van der Waals surface area contributed by atoms with Crippen molar-refractivity contribution in [2.75, 3.05) is 5.73 Å². The first kappa shape index (κ1) is 9.79. The Morgan fingerprint density at radius 3 is 2.80 bits per heavy atom. The van der Waals surface area contributed by atoms with E-state index in [9.17, 15) is 9.18 Å². The Morgan fingerprint density at radius 1 is 1.40 bits per heavy atom. The quantitative estimate of drug-likeness (QED) is 0.625. The van der Waals surface area contributed by atoms with Crippen LogP contribution in [0.15, 0.2) is 29.8 Å². The number of nitrogen functional groups attached to an aromatic ring is 1. The number of halogens is 1. The lowest BCUT2D eigenvalue weighted by molar-refractivity contribution is 0.103. The number of aromatic nitrogens is 1. The molecule has 0 saturated heterocycles. The fraction of sp³-hybridized carbons (Fsp3) is 0. The summed E-state index contributed by atoms with van der Waals surface area (Å²) in [5.41, 5.74) is 6.09. The average molecular weight is 222 g/mol. The lowest BCUT2D eigenvalue weighted by Crippen LogP contribution is -2.01. The van der Waals surface area contributed by atoms with Gasteiger partial charge in [-0.15, -0.1) is 0 Å². The van der Waals surface area contributed by atoms with Gasteiger partial charge >= 0.3 is 0 Å². The second-order valence-corrected chi connectivity index (χ2v) is 3.64. The SMILES string of the molecule is Nc1ccc(C(=O)c2cnsc2)cc1F. The molecular weight excluding hydrogens is 215 g/mol. The highest BCUT2D eigenvalue weighted by atomic mass is 32.1. The summed E-state index contributed by atoms with van der Waals surface area (Å²) in [5.74, 6) is -0.827. The molecule has 0 saturated carbocycles. The Labute approximate surface area is 89.5 Å². The fourth-order valence-corrected chi connectivity index (χ4v) is 1.67. The van der Waals surface area contributed by atoms with Crippen molar-refractivity contribution in [3.63, 3.8) is 0 Å². The molecule has 0 radical (unpaired) electrons. The van der Waals surface area contributed by atoms with Gasteiger partial charge in [-0.1, -0.05) is 0 Å². The molecule has 0 bridgehead atoms. The van der Waals surface area contributed by atoms with Crippen molar-refractivity contribution < 1.29 is 9.18 Å². The van der Waals surface area contributed by atoms with Crippen LogP contribution in [0.25, 0.3) is 0 Å². The summed E-state index contributed by atoms with van der Waals surface area (Å²) < 4.78 is 16.9. The molecular formula is C10H7FN2OS. The second kappa shape index (κ2) is 3.78. The summed E-state index contributed by atoms with van der Waals surface area (Å²) in [5, 5.41) is 1.62. The standard InChI is InChI=1S/C10H7FN2OS/c11-8-3-6(1-2-9(8)12)10(14)7-4-13-15-5-7/h1-5H,12H2. The average Bonchev–Trinajstić information content (AvgIpc) is 2.74. The van der Waals surface area contributed by atoms with E-state index in [4.69, 9.17) is 5.73 Å². The minimum atomic E-state index is -0.580. The second-order valence-electron chi connectivity index (χ2n) is 2.98. The molecule has 1 heterocycles. The van der Waals surface area contributed by atoms with E-state index >= 15 is 0 Å². The van der Waals surface area contributed by atoms with E-state index < -0.39 is 5.82 Å². The number of carbonyl (C=O) groups excluding carboxylic acids is 1. The van der Waals surface area contributed by atoms with Crippen molar-refractivity contribution in [1.82, 2.24) is 4.37 Å². The molecule has 0 amide bonds. The van der Waals surface area contributed by atoms with Gasteiger partial charge in [0, 0.05) is 10.9 Å². The van der Waals surface area contributed by atoms with Crippen LogP contribution in [0, 0.1) is 5.82 Å². The third-order valence-electron chi connectivity index (χ3n) is 1.96. The summed E-state index contributed by atoms with van der Waals surface area (Å²) >= 11 is 1.18. The van der Waals surface area contributed by atoms with Crippen molar-refractivity contribution in [3.8, 4) is 0 Å². The predicted molar refractivity (Wildman–Crippen MR) is 56.4 cm³/mol. The first-order chi connectivity index (χ1) is 7.18. The van der Waals surface area contributed by atoms with E-state index in [1.54, 1.807) is 5.38 Å². The van der Waals surface area contributed by atoms with Crippen LogP contribution in [0.5, 0.6) is 0 Å². The molecule has 76 valence electrons. The van der Waals surface area contributed by atoms with Crippen LogP contribution in [0.2, 0.25) is 0 Å². The first-order valence-corrected chi connectivity index (χ1v) is 5.01. The van der Waals surface area contributed by atoms with Crippen molar-refractivity contribution in [2.24, 2.45) is 0 Å². The van der Waals surface area contributed by atoms with Crippen LogP contribution >= 0.6 is 11.5 Å². The molecule has 1 aromatic carbocycles. The highest BCUT2D eigenvalue weighted by Gasteiger charge is 2.11. The molecule has 1 aromatic heterocycles. The number of hydrogen-bond donors (Lipinski definition) is 1. The zero-order valence-corrected chi connectivity index (χ0v) is 8.42. The van der Waals surface area contributed by atoms with Crippen LogP contribution in [0.1, 0.15) is 15.9 Å². The van der Waals surface area contributed by atoms with Crippen LogP contribution in [-0.4, -0.2) is 10.2 Å². The monoisotopic (exact) mass is 222 g/mol. The smallest absolute Gasteiger partial charge is 0.195 e. The minimum Gasteiger partial charge on any atom is -0.396 e. The number of anilines is 1. The van der Waals surface area contributed by atoms with Gasteiger partial charge in [0.15, 0.2) is 5.78 Å². The number of nitrogens with two attached hydrogens (primary N) is 1. The van der Waals surface area contributed by atoms with Crippen molar-refractivity contribution in [1.29, 1.82) is 0 Å². The molecule has 0 aliphatic carbocycles. The van der Waals surface area contributed by atoms with E-state index in [0.29, 0.717) is 5.56 Å². The van der Waals surface area contributed by atoms with Gasteiger partial charge in [-0.25, -0.2) is 8.76 Å². The molecule has 5 heteroatoms. The molecule has 3 nitrogen and oxygen atoms in total. The number of benzene rings is 1. The minimum absolute atomic E-state index is 0.0370. The highest BCUT2D eigenvalue weighted by Crippen LogP contribution is 2.16. The normalized spacial score (nSPS) is 10.2. The number of hydrogen-bond acceptors (Lipinski definition) is 4. The van der Waals surface area contributed by atoms with Gasteiger partial charge in [0.1, 0.15) is 5.82 Å². The Hall–Kier alpha value is -1.75. The first-order valence-electron chi connectivity index (χ1n) is 4.17. The van der Waals surface area contributed by atoms with Crippen molar-refractivity contribution in [3.05, 3.63) is 46.7 Å². The Balaban J connectivity index is 2.39. The van der Waals surface area contributed by atoms with Gasteiger partial charge in [0.2, 0.25) is 0 Å². The number of rotatable bonds is 2. The van der Waals surface area contributed by atoms with Crippen molar-refractivity contribution in [2.45, 2.75) is 0 Å². The van der Waals surface area contributed by atoms with Gasteiger partial charge in [0.05, 0.1) is 17.4 Å².